The number of allylic oxidation sites excluding steroid dienone is 2. The Hall–Kier alpha value is -1.37. The summed E-state index contributed by atoms with van der Waals surface area (Å²) >= 11 is -1.04. The minimum atomic E-state index is -1.04. The van der Waals surface area contributed by atoms with E-state index in [1.807, 2.05) is 25.1 Å². The molecule has 0 spiro atoms. The average molecular weight is 380 g/mol. The zero-order valence-corrected chi connectivity index (χ0v) is 14.7. The van der Waals surface area contributed by atoms with Gasteiger partial charge in [0.15, 0.2) is 4.90 Å². The normalized spacial score (nSPS) is 15.6. The molecule has 2 aromatic carbocycles. The van der Waals surface area contributed by atoms with E-state index in [9.17, 15) is 13.7 Å². The van der Waals surface area contributed by atoms with E-state index >= 15 is 0 Å². The van der Waals surface area contributed by atoms with E-state index in [0.717, 1.165) is 27.2 Å². The van der Waals surface area contributed by atoms with Crippen molar-refractivity contribution in [3.05, 3.63) is 70.5 Å². The Labute approximate surface area is 177 Å². The number of carboxylic acid groups (broad SMARTS) is 1. The average Bonchev–Trinajstić information content (AvgIpc) is 2.80. The number of aliphatic carboxylic acids is 1. The van der Waals surface area contributed by atoms with Crippen molar-refractivity contribution >= 4 is 63.9 Å². The number of benzene rings is 2. The molecule has 0 radical (unpaired) electrons. The summed E-state index contributed by atoms with van der Waals surface area (Å²) < 4.78 is 25.1. The van der Waals surface area contributed by atoms with Gasteiger partial charge < -0.3 is 9.66 Å². The van der Waals surface area contributed by atoms with Gasteiger partial charge in [0, 0.05) is 0 Å². The molecule has 6 heteroatoms. The molecule has 3 rings (SSSR count). The Morgan fingerprint density at radius 3 is 2.42 bits per heavy atom. The van der Waals surface area contributed by atoms with Crippen molar-refractivity contribution in [3.8, 4) is 0 Å². The van der Waals surface area contributed by atoms with Gasteiger partial charge in [0.1, 0.15) is 12.1 Å². The fourth-order valence-electron chi connectivity index (χ4n) is 3.05. The van der Waals surface area contributed by atoms with Crippen LogP contribution in [0.25, 0.3) is 17.2 Å². The first kappa shape index (κ1) is 20.9. The molecule has 1 aliphatic carbocycles. The summed E-state index contributed by atoms with van der Waals surface area (Å²) in [6.45, 7) is 1.86. The molecule has 3 nitrogen and oxygen atoms in total. The van der Waals surface area contributed by atoms with Crippen molar-refractivity contribution in [3.63, 3.8) is 0 Å². The van der Waals surface area contributed by atoms with Crippen molar-refractivity contribution < 1.29 is 18.8 Å². The minimum absolute atomic E-state index is 0. The molecule has 130 valence electrons. The van der Waals surface area contributed by atoms with Crippen molar-refractivity contribution in [1.82, 2.24) is 0 Å². The molecule has 1 atom stereocenters. The van der Waals surface area contributed by atoms with Crippen LogP contribution in [0.4, 0.5) is 4.39 Å². The first-order valence-electron chi connectivity index (χ1n) is 7.74. The predicted molar refractivity (Wildman–Crippen MR) is 105 cm³/mol. The van der Waals surface area contributed by atoms with E-state index in [4.69, 9.17) is 5.11 Å². The molecular weight excluding hydrogens is 362 g/mol. The van der Waals surface area contributed by atoms with Crippen molar-refractivity contribution in [2.75, 3.05) is 6.26 Å². The van der Waals surface area contributed by atoms with Crippen LogP contribution in [0.15, 0.2) is 52.9 Å². The molecule has 2 aromatic rings. The first-order chi connectivity index (χ1) is 11.9. The molecule has 26 heavy (non-hydrogen) atoms. The van der Waals surface area contributed by atoms with Crippen LogP contribution in [0.1, 0.15) is 30.0 Å². The second-order valence-electron chi connectivity index (χ2n) is 5.95. The van der Waals surface area contributed by atoms with Gasteiger partial charge in [0.2, 0.25) is 0 Å². The Morgan fingerprint density at radius 1 is 1.19 bits per heavy atom. The first-order valence-corrected chi connectivity index (χ1v) is 9.30. The summed E-state index contributed by atoms with van der Waals surface area (Å²) in [6, 6.07) is 11.8. The fourth-order valence-corrected chi connectivity index (χ4v) is 3.57. The van der Waals surface area contributed by atoms with E-state index in [1.165, 1.54) is 12.1 Å². The van der Waals surface area contributed by atoms with E-state index in [-0.39, 0.29) is 41.8 Å². The van der Waals surface area contributed by atoms with Gasteiger partial charge in [0.05, 0.1) is 6.42 Å². The molecule has 0 saturated carbocycles. The fraction of sp³-hybridized carbons (Fsp3) is 0.150. The Bertz CT molecular complexity index is 902. The van der Waals surface area contributed by atoms with E-state index < -0.39 is 17.1 Å². The van der Waals surface area contributed by atoms with Crippen molar-refractivity contribution in [2.24, 2.45) is 0 Å². The van der Waals surface area contributed by atoms with Gasteiger partial charge in [-0.05, 0) is 94.0 Å². The molecule has 0 saturated heterocycles. The van der Waals surface area contributed by atoms with Crippen LogP contribution in [0.5, 0.6) is 0 Å². The second kappa shape index (κ2) is 8.55. The van der Waals surface area contributed by atoms with E-state index in [1.54, 1.807) is 24.5 Å². The quantitative estimate of drug-likeness (QED) is 0.650. The summed E-state index contributed by atoms with van der Waals surface area (Å²) in [7, 11) is 0. The molecule has 0 heterocycles. The Kier molecular flexibility index (Phi) is 6.88. The standard InChI is InChI=1S/C20H17FO3S.Na.H/c1-12-17(9-13-3-6-15(7-4-13)25(2)24)16-8-5-14(21)10-19(16)18(12)11-20(22)23;;/h3-10H,11H2,1-2H3,(H,22,23);;/b17-9-;;. The van der Waals surface area contributed by atoms with Gasteiger partial charge in [-0.1, -0.05) is 6.07 Å². The Morgan fingerprint density at radius 2 is 1.85 bits per heavy atom. The number of hydrogen-bond donors (Lipinski definition) is 1. The molecular formula is C20H18FNaO3S. The second-order valence-corrected chi connectivity index (χ2v) is 7.32. The molecule has 0 aromatic heterocycles. The summed E-state index contributed by atoms with van der Waals surface area (Å²) in [6.07, 6.45) is 3.43. The number of carboxylic acids is 1. The van der Waals surface area contributed by atoms with Gasteiger partial charge >= 0.3 is 35.5 Å². The third kappa shape index (κ3) is 4.30. The number of carbonyl (C=O) groups is 1. The van der Waals surface area contributed by atoms with Crippen LogP contribution >= 0.6 is 0 Å². The monoisotopic (exact) mass is 380 g/mol. The third-order valence-electron chi connectivity index (χ3n) is 4.30. The predicted octanol–water partition coefficient (Wildman–Crippen LogP) is 3.72. The summed E-state index contributed by atoms with van der Waals surface area (Å²) in [4.78, 5) is 11.9. The van der Waals surface area contributed by atoms with Crippen molar-refractivity contribution in [2.45, 2.75) is 18.2 Å². The molecule has 1 unspecified atom stereocenters. The van der Waals surface area contributed by atoms with E-state index in [0.29, 0.717) is 11.1 Å². The maximum atomic E-state index is 13.7. The Balaban J connectivity index is 0.00000243. The summed E-state index contributed by atoms with van der Waals surface area (Å²) in [5.74, 6) is -1.33. The van der Waals surface area contributed by atoms with Crippen LogP contribution in [-0.2, 0) is 16.0 Å². The van der Waals surface area contributed by atoms with Crippen LogP contribution in [0, 0.1) is 5.82 Å². The van der Waals surface area contributed by atoms with Crippen LogP contribution in [0.3, 0.4) is 0 Å². The SMILES string of the molecule is CC1=C(CC(=O)O)c2cc(F)ccc2/C1=C\c1ccc([S+](C)[O-])cc1.[NaH]. The molecule has 1 N–H and O–H groups in total. The van der Waals surface area contributed by atoms with Crippen LogP contribution in [-0.4, -0.2) is 51.4 Å². The molecule has 0 aliphatic heterocycles. The van der Waals surface area contributed by atoms with Gasteiger partial charge in [0.25, 0.3) is 0 Å². The van der Waals surface area contributed by atoms with Crippen LogP contribution in [0.2, 0.25) is 0 Å². The third-order valence-corrected chi connectivity index (χ3v) is 5.24. The number of halogens is 1. The molecule has 1 aliphatic rings. The topological polar surface area (TPSA) is 60.4 Å². The van der Waals surface area contributed by atoms with Gasteiger partial charge in [-0.2, -0.15) is 0 Å². The van der Waals surface area contributed by atoms with Gasteiger partial charge in [-0.15, -0.1) is 0 Å². The molecule has 0 fully saturated rings. The number of hydrogen-bond acceptors (Lipinski definition) is 2. The maximum absolute atomic E-state index is 13.7. The van der Waals surface area contributed by atoms with Crippen LogP contribution < -0.4 is 0 Å². The molecule has 0 amide bonds. The summed E-state index contributed by atoms with van der Waals surface area (Å²) in [5, 5.41) is 9.17. The van der Waals surface area contributed by atoms with Crippen molar-refractivity contribution in [1.29, 1.82) is 0 Å². The zero-order chi connectivity index (χ0) is 18.1. The van der Waals surface area contributed by atoms with E-state index in [2.05, 4.69) is 0 Å². The number of fused-ring (bicyclic) bond motifs is 1. The van der Waals surface area contributed by atoms with Gasteiger partial charge in [-0.3, -0.25) is 4.79 Å². The zero-order valence-electron chi connectivity index (χ0n) is 13.9. The summed E-state index contributed by atoms with van der Waals surface area (Å²) in [5.41, 5.74) is 4.74. The molecule has 0 bridgehead atoms. The van der Waals surface area contributed by atoms with Gasteiger partial charge in [-0.25, -0.2) is 4.39 Å². The number of rotatable bonds is 4.